The first-order valence-corrected chi connectivity index (χ1v) is 5.53. The Morgan fingerprint density at radius 1 is 1.47 bits per heavy atom. The van der Waals surface area contributed by atoms with Crippen molar-refractivity contribution in [3.05, 3.63) is 35.0 Å². The highest BCUT2D eigenvalue weighted by Crippen LogP contribution is 2.23. The molecule has 1 aromatic heterocycles. The number of nitrogens with zero attached hydrogens (tertiary/aromatic N) is 2. The molecule has 88 valence electrons. The summed E-state index contributed by atoms with van der Waals surface area (Å²) in [5.41, 5.74) is 1.32. The third-order valence-corrected chi connectivity index (χ3v) is 2.58. The van der Waals surface area contributed by atoms with Gasteiger partial charge in [0.15, 0.2) is 0 Å². The number of hydrogen-bond donors (Lipinski definition) is 1. The van der Waals surface area contributed by atoms with E-state index >= 15 is 0 Å². The van der Waals surface area contributed by atoms with Gasteiger partial charge in [-0.05, 0) is 25.1 Å². The number of fused-ring (bicyclic) bond motifs is 1. The van der Waals surface area contributed by atoms with E-state index in [0.29, 0.717) is 17.3 Å². The number of pyridine rings is 1. The minimum atomic E-state index is 0.295. The monoisotopic (exact) mass is 250 g/mol. The fraction of sp³-hybridized carbons (Fsp3) is 0.167. The highest BCUT2D eigenvalue weighted by Gasteiger charge is 2.04. The molecule has 0 aliphatic rings. The van der Waals surface area contributed by atoms with Crippen molar-refractivity contribution in [1.82, 2.24) is 4.98 Å². The summed E-state index contributed by atoms with van der Waals surface area (Å²) in [6, 6.07) is 7.38. The number of benzene rings is 1. The first-order valence-electron chi connectivity index (χ1n) is 5.15. The largest absolute Gasteiger partial charge is 0.494 e. The molecule has 1 heterocycles. The lowest BCUT2D eigenvalue weighted by atomic mass is 10.1. The van der Waals surface area contributed by atoms with Gasteiger partial charge in [0.1, 0.15) is 10.9 Å². The molecule has 4 nitrogen and oxygen atoms in total. The van der Waals surface area contributed by atoms with Gasteiger partial charge in [0, 0.05) is 17.0 Å². The van der Waals surface area contributed by atoms with E-state index in [1.165, 1.54) is 6.21 Å². The van der Waals surface area contributed by atoms with Crippen LogP contribution >= 0.6 is 11.6 Å². The van der Waals surface area contributed by atoms with Gasteiger partial charge in [-0.2, -0.15) is 0 Å². The second-order valence-corrected chi connectivity index (χ2v) is 3.76. The summed E-state index contributed by atoms with van der Waals surface area (Å²) < 4.78 is 5.38. The maximum absolute atomic E-state index is 8.49. The average molecular weight is 251 g/mol. The zero-order valence-corrected chi connectivity index (χ0v) is 9.98. The van der Waals surface area contributed by atoms with Gasteiger partial charge in [-0.25, -0.2) is 4.98 Å². The SMILES string of the molecule is CCOc1ccc2cc(C=NO)c(Cl)nc2c1. The quantitative estimate of drug-likeness (QED) is 0.394. The van der Waals surface area contributed by atoms with Crippen LogP contribution in [0.4, 0.5) is 0 Å². The molecule has 0 unspecified atom stereocenters. The van der Waals surface area contributed by atoms with E-state index in [-0.39, 0.29) is 0 Å². The second-order valence-electron chi connectivity index (χ2n) is 3.40. The molecule has 0 saturated carbocycles. The zero-order chi connectivity index (χ0) is 12.3. The molecule has 0 amide bonds. The van der Waals surface area contributed by atoms with E-state index in [4.69, 9.17) is 21.5 Å². The molecule has 0 spiro atoms. The van der Waals surface area contributed by atoms with Gasteiger partial charge in [0.2, 0.25) is 0 Å². The summed E-state index contributed by atoms with van der Waals surface area (Å²) >= 11 is 5.96. The van der Waals surface area contributed by atoms with Gasteiger partial charge in [-0.3, -0.25) is 0 Å². The van der Waals surface area contributed by atoms with Crippen molar-refractivity contribution >= 4 is 28.7 Å². The van der Waals surface area contributed by atoms with Gasteiger partial charge in [-0.15, -0.1) is 0 Å². The molecule has 0 aliphatic heterocycles. The van der Waals surface area contributed by atoms with Crippen LogP contribution in [0.15, 0.2) is 29.4 Å². The molecule has 2 aromatic rings. The number of aromatic nitrogens is 1. The molecule has 0 bridgehead atoms. The van der Waals surface area contributed by atoms with Gasteiger partial charge in [0.25, 0.3) is 0 Å². The third kappa shape index (κ3) is 2.47. The highest BCUT2D eigenvalue weighted by atomic mass is 35.5. The Balaban J connectivity index is 2.53. The topological polar surface area (TPSA) is 54.7 Å². The van der Waals surface area contributed by atoms with Crippen molar-refractivity contribution in [2.24, 2.45) is 5.16 Å². The summed E-state index contributed by atoms with van der Waals surface area (Å²) in [6.45, 7) is 2.53. The first-order chi connectivity index (χ1) is 8.24. The number of oxime groups is 1. The molecule has 0 saturated heterocycles. The summed E-state index contributed by atoms with van der Waals surface area (Å²) in [4.78, 5) is 4.22. The first kappa shape index (κ1) is 11.7. The predicted molar refractivity (Wildman–Crippen MR) is 67.3 cm³/mol. The number of halogens is 1. The molecule has 17 heavy (non-hydrogen) atoms. The summed E-state index contributed by atoms with van der Waals surface area (Å²) in [5.74, 6) is 0.757. The fourth-order valence-electron chi connectivity index (χ4n) is 1.55. The lowest BCUT2D eigenvalue weighted by Crippen LogP contribution is -1.93. The van der Waals surface area contributed by atoms with Gasteiger partial charge >= 0.3 is 0 Å². The molecule has 1 aromatic carbocycles. The molecule has 1 N–H and O–H groups in total. The molecule has 0 fully saturated rings. The third-order valence-electron chi connectivity index (χ3n) is 2.28. The van der Waals surface area contributed by atoms with Gasteiger partial charge < -0.3 is 9.94 Å². The molecule has 5 heteroatoms. The molecule has 0 aliphatic carbocycles. The fourth-order valence-corrected chi connectivity index (χ4v) is 1.74. The van der Waals surface area contributed by atoms with Crippen LogP contribution in [-0.2, 0) is 0 Å². The van der Waals surface area contributed by atoms with E-state index in [2.05, 4.69) is 10.1 Å². The zero-order valence-electron chi connectivity index (χ0n) is 9.22. The summed E-state index contributed by atoms with van der Waals surface area (Å²) in [6.07, 6.45) is 1.26. The van der Waals surface area contributed by atoms with Crippen LogP contribution in [0.25, 0.3) is 10.9 Å². The van der Waals surface area contributed by atoms with Crippen molar-refractivity contribution in [3.8, 4) is 5.75 Å². The minimum absolute atomic E-state index is 0.295. The Kier molecular flexibility index (Phi) is 3.44. The minimum Gasteiger partial charge on any atom is -0.494 e. The molecule has 0 atom stereocenters. The van der Waals surface area contributed by atoms with Crippen LogP contribution in [0.2, 0.25) is 5.15 Å². The summed E-state index contributed by atoms with van der Waals surface area (Å²) in [5, 5.41) is 12.6. The Bertz CT molecular complexity index is 570. The number of ether oxygens (including phenoxy) is 1. The van der Waals surface area contributed by atoms with Crippen LogP contribution in [-0.4, -0.2) is 23.0 Å². The lowest BCUT2D eigenvalue weighted by Gasteiger charge is -2.05. The second kappa shape index (κ2) is 5.01. The molecule has 0 radical (unpaired) electrons. The summed E-state index contributed by atoms with van der Waals surface area (Å²) in [7, 11) is 0. The van der Waals surface area contributed by atoms with Gasteiger partial charge in [-0.1, -0.05) is 16.8 Å². The van der Waals surface area contributed by atoms with Crippen molar-refractivity contribution < 1.29 is 9.94 Å². The van der Waals surface area contributed by atoms with E-state index in [1.54, 1.807) is 6.07 Å². The molecule has 2 rings (SSSR count). The Hall–Kier alpha value is -1.81. The van der Waals surface area contributed by atoms with Crippen molar-refractivity contribution in [3.63, 3.8) is 0 Å². The lowest BCUT2D eigenvalue weighted by molar-refractivity contribution is 0.322. The van der Waals surface area contributed by atoms with E-state index < -0.39 is 0 Å². The van der Waals surface area contributed by atoms with E-state index in [1.807, 2.05) is 25.1 Å². The Labute approximate surface area is 103 Å². The smallest absolute Gasteiger partial charge is 0.138 e. The van der Waals surface area contributed by atoms with Crippen LogP contribution in [0, 0.1) is 0 Å². The normalized spacial score (nSPS) is 11.2. The van der Waals surface area contributed by atoms with Gasteiger partial charge in [0.05, 0.1) is 18.3 Å². The van der Waals surface area contributed by atoms with Crippen LogP contribution in [0.1, 0.15) is 12.5 Å². The Morgan fingerprint density at radius 2 is 2.29 bits per heavy atom. The average Bonchev–Trinajstić information content (AvgIpc) is 2.31. The van der Waals surface area contributed by atoms with E-state index in [0.717, 1.165) is 16.7 Å². The van der Waals surface area contributed by atoms with Crippen LogP contribution in [0.5, 0.6) is 5.75 Å². The maximum Gasteiger partial charge on any atom is 0.138 e. The van der Waals surface area contributed by atoms with Crippen LogP contribution < -0.4 is 4.74 Å². The van der Waals surface area contributed by atoms with Crippen LogP contribution in [0.3, 0.4) is 0 Å². The van der Waals surface area contributed by atoms with Crippen molar-refractivity contribution in [1.29, 1.82) is 0 Å². The number of hydrogen-bond acceptors (Lipinski definition) is 4. The number of rotatable bonds is 3. The highest BCUT2D eigenvalue weighted by molar-refractivity contribution is 6.32. The predicted octanol–water partition coefficient (Wildman–Crippen LogP) is 3.10. The van der Waals surface area contributed by atoms with Crippen molar-refractivity contribution in [2.75, 3.05) is 6.61 Å². The van der Waals surface area contributed by atoms with Crippen molar-refractivity contribution in [2.45, 2.75) is 6.92 Å². The maximum atomic E-state index is 8.49. The van der Waals surface area contributed by atoms with E-state index in [9.17, 15) is 0 Å². The Morgan fingerprint density at radius 3 is 3.00 bits per heavy atom. The molecular weight excluding hydrogens is 240 g/mol. The molecular formula is C12H11ClN2O2. The standard InChI is InChI=1S/C12H11ClN2O2/c1-2-17-10-4-3-8-5-9(7-14-16)12(13)15-11(8)6-10/h3-7,16H,2H2,1H3.